The van der Waals surface area contributed by atoms with E-state index in [0.29, 0.717) is 6.42 Å². The van der Waals surface area contributed by atoms with Crippen molar-refractivity contribution < 1.29 is 9.13 Å². The number of benzene rings is 1. The van der Waals surface area contributed by atoms with Crippen LogP contribution in [0.25, 0.3) is 0 Å². The molecular formula is C15H20FN3OS. The average molecular weight is 309 g/mol. The quantitative estimate of drug-likeness (QED) is 0.942. The van der Waals surface area contributed by atoms with Crippen molar-refractivity contribution in [3.8, 4) is 5.75 Å². The van der Waals surface area contributed by atoms with Gasteiger partial charge in [-0.1, -0.05) is 31.3 Å². The molecule has 0 spiro atoms. The van der Waals surface area contributed by atoms with Gasteiger partial charge in [0.05, 0.1) is 17.7 Å². The minimum Gasteiger partial charge on any atom is -0.494 e. The van der Waals surface area contributed by atoms with Crippen molar-refractivity contribution in [1.82, 2.24) is 9.59 Å². The molecule has 1 aromatic heterocycles. The highest BCUT2D eigenvalue weighted by Gasteiger charge is 2.25. The van der Waals surface area contributed by atoms with E-state index in [9.17, 15) is 4.39 Å². The summed E-state index contributed by atoms with van der Waals surface area (Å²) in [7, 11) is 1.45. The molecule has 2 aromatic rings. The van der Waals surface area contributed by atoms with Gasteiger partial charge in [-0.15, -0.1) is 5.10 Å². The standard InChI is InChI=1S/C15H20FN3OS/c1-15(2,3)14-13(21-19-18-14)11(17)8-9-5-6-12(20-4)10(16)7-9/h5-7,11H,8,17H2,1-4H3. The highest BCUT2D eigenvalue weighted by atomic mass is 32.1. The fourth-order valence-corrected chi connectivity index (χ4v) is 3.01. The lowest BCUT2D eigenvalue weighted by atomic mass is 9.89. The number of nitrogens with two attached hydrogens (primary N) is 1. The maximum atomic E-state index is 13.7. The number of halogens is 1. The largest absolute Gasteiger partial charge is 0.494 e. The molecular weight excluding hydrogens is 289 g/mol. The summed E-state index contributed by atoms with van der Waals surface area (Å²) >= 11 is 1.31. The fourth-order valence-electron chi connectivity index (χ4n) is 2.14. The molecule has 0 saturated carbocycles. The van der Waals surface area contributed by atoms with Crippen molar-refractivity contribution in [2.24, 2.45) is 5.73 Å². The second-order valence-corrected chi connectivity index (χ2v) is 6.80. The third kappa shape index (κ3) is 3.57. The van der Waals surface area contributed by atoms with Gasteiger partial charge in [0.1, 0.15) is 0 Å². The lowest BCUT2D eigenvalue weighted by Gasteiger charge is -2.19. The first-order chi connectivity index (χ1) is 9.82. The van der Waals surface area contributed by atoms with E-state index in [4.69, 9.17) is 10.5 Å². The molecule has 21 heavy (non-hydrogen) atoms. The number of hydrogen-bond acceptors (Lipinski definition) is 5. The summed E-state index contributed by atoms with van der Waals surface area (Å²) in [5.74, 6) is -0.136. The van der Waals surface area contributed by atoms with Gasteiger partial charge >= 0.3 is 0 Å². The Labute approximate surface area is 128 Å². The Morgan fingerprint density at radius 3 is 2.67 bits per heavy atom. The molecule has 0 aliphatic rings. The first kappa shape index (κ1) is 15.9. The molecule has 2 N–H and O–H groups in total. The van der Waals surface area contributed by atoms with Crippen molar-refractivity contribution in [1.29, 1.82) is 0 Å². The zero-order valence-electron chi connectivity index (χ0n) is 12.7. The maximum absolute atomic E-state index is 13.7. The van der Waals surface area contributed by atoms with Crippen molar-refractivity contribution in [2.75, 3.05) is 7.11 Å². The average Bonchev–Trinajstić information content (AvgIpc) is 2.88. The van der Waals surface area contributed by atoms with E-state index in [1.165, 1.54) is 24.7 Å². The molecule has 6 heteroatoms. The zero-order valence-corrected chi connectivity index (χ0v) is 13.5. The Balaban J connectivity index is 2.21. The Hall–Kier alpha value is -1.53. The lowest BCUT2D eigenvalue weighted by Crippen LogP contribution is -2.20. The molecule has 0 amide bonds. The highest BCUT2D eigenvalue weighted by Crippen LogP contribution is 2.31. The molecule has 114 valence electrons. The van der Waals surface area contributed by atoms with Gasteiger partial charge in [-0.3, -0.25) is 0 Å². The first-order valence-corrected chi connectivity index (χ1v) is 7.51. The summed E-state index contributed by atoms with van der Waals surface area (Å²) in [6.07, 6.45) is 0.536. The van der Waals surface area contributed by atoms with Crippen LogP contribution in [0.5, 0.6) is 5.75 Å². The van der Waals surface area contributed by atoms with Crippen LogP contribution in [0.3, 0.4) is 0 Å². The van der Waals surface area contributed by atoms with Crippen molar-refractivity contribution in [3.05, 3.63) is 40.2 Å². The van der Waals surface area contributed by atoms with Gasteiger partial charge in [-0.2, -0.15) is 0 Å². The van der Waals surface area contributed by atoms with Gasteiger partial charge in [0.25, 0.3) is 0 Å². The molecule has 0 saturated heterocycles. The van der Waals surface area contributed by atoms with Crippen LogP contribution in [0.4, 0.5) is 4.39 Å². The van der Waals surface area contributed by atoms with Gasteiger partial charge in [-0.05, 0) is 35.6 Å². The number of ether oxygens (including phenoxy) is 1. The fraction of sp³-hybridized carbons (Fsp3) is 0.467. The van der Waals surface area contributed by atoms with E-state index in [0.717, 1.165) is 16.1 Å². The number of methoxy groups -OCH3 is 1. The molecule has 0 aliphatic carbocycles. The Morgan fingerprint density at radius 1 is 1.38 bits per heavy atom. The Bertz CT molecular complexity index is 622. The van der Waals surface area contributed by atoms with Crippen LogP contribution in [0.2, 0.25) is 0 Å². The first-order valence-electron chi connectivity index (χ1n) is 6.73. The van der Waals surface area contributed by atoms with Crippen molar-refractivity contribution in [2.45, 2.75) is 38.6 Å². The lowest BCUT2D eigenvalue weighted by molar-refractivity contribution is 0.386. The van der Waals surface area contributed by atoms with Crippen LogP contribution in [-0.4, -0.2) is 16.7 Å². The van der Waals surface area contributed by atoms with Gasteiger partial charge in [0, 0.05) is 11.5 Å². The number of rotatable bonds is 4. The van der Waals surface area contributed by atoms with Crippen molar-refractivity contribution >= 4 is 11.5 Å². The molecule has 0 radical (unpaired) electrons. The minimum atomic E-state index is -0.374. The summed E-state index contributed by atoms with van der Waals surface area (Å²) < 4.78 is 22.7. The molecule has 1 atom stereocenters. The van der Waals surface area contributed by atoms with Crippen LogP contribution in [-0.2, 0) is 11.8 Å². The van der Waals surface area contributed by atoms with Crippen LogP contribution in [0, 0.1) is 5.82 Å². The van der Waals surface area contributed by atoms with E-state index < -0.39 is 0 Å². The molecule has 0 aliphatic heterocycles. The number of hydrogen-bond donors (Lipinski definition) is 1. The summed E-state index contributed by atoms with van der Waals surface area (Å²) in [6, 6.07) is 4.66. The molecule has 1 aromatic carbocycles. The zero-order chi connectivity index (χ0) is 15.6. The monoisotopic (exact) mass is 309 g/mol. The summed E-state index contributed by atoms with van der Waals surface area (Å²) in [4.78, 5) is 0.957. The smallest absolute Gasteiger partial charge is 0.165 e. The molecule has 0 fully saturated rings. The third-order valence-corrected chi connectivity index (χ3v) is 4.09. The van der Waals surface area contributed by atoms with Gasteiger partial charge in [0.15, 0.2) is 11.6 Å². The number of aromatic nitrogens is 2. The van der Waals surface area contributed by atoms with Crippen LogP contribution in [0.1, 0.15) is 42.9 Å². The van der Waals surface area contributed by atoms with Gasteiger partial charge in [-0.25, -0.2) is 4.39 Å². The predicted octanol–water partition coefficient (Wildman–Crippen LogP) is 3.23. The molecule has 4 nitrogen and oxygen atoms in total. The molecule has 1 heterocycles. The van der Waals surface area contributed by atoms with Crippen LogP contribution >= 0.6 is 11.5 Å². The van der Waals surface area contributed by atoms with E-state index in [1.54, 1.807) is 6.07 Å². The molecule has 1 unspecified atom stereocenters. The Morgan fingerprint density at radius 2 is 2.10 bits per heavy atom. The summed E-state index contributed by atoms with van der Waals surface area (Å²) in [6.45, 7) is 6.23. The second-order valence-electron chi connectivity index (χ2n) is 6.02. The summed E-state index contributed by atoms with van der Waals surface area (Å²) in [5, 5.41) is 4.19. The molecule has 0 bridgehead atoms. The van der Waals surface area contributed by atoms with Crippen LogP contribution in [0.15, 0.2) is 18.2 Å². The highest BCUT2D eigenvalue weighted by molar-refractivity contribution is 7.05. The Kier molecular flexibility index (Phi) is 4.58. The van der Waals surface area contributed by atoms with E-state index in [1.807, 2.05) is 6.07 Å². The SMILES string of the molecule is COc1ccc(CC(N)c2snnc2C(C)(C)C)cc1F. The summed E-state index contributed by atoms with van der Waals surface area (Å²) in [5.41, 5.74) is 7.90. The third-order valence-electron chi connectivity index (χ3n) is 3.23. The second kappa shape index (κ2) is 6.07. The molecule has 2 rings (SSSR count). The minimum absolute atomic E-state index is 0.106. The van der Waals surface area contributed by atoms with Gasteiger partial charge < -0.3 is 10.5 Å². The van der Waals surface area contributed by atoms with Gasteiger partial charge in [0.2, 0.25) is 0 Å². The van der Waals surface area contributed by atoms with E-state index >= 15 is 0 Å². The number of nitrogens with zero attached hydrogens (tertiary/aromatic N) is 2. The maximum Gasteiger partial charge on any atom is 0.165 e. The predicted molar refractivity (Wildman–Crippen MR) is 82.2 cm³/mol. The van der Waals surface area contributed by atoms with Crippen LogP contribution < -0.4 is 10.5 Å². The van der Waals surface area contributed by atoms with E-state index in [2.05, 4.69) is 30.4 Å². The van der Waals surface area contributed by atoms with E-state index in [-0.39, 0.29) is 23.0 Å². The van der Waals surface area contributed by atoms with Crippen molar-refractivity contribution in [3.63, 3.8) is 0 Å². The topological polar surface area (TPSA) is 61.0 Å². The normalized spacial score (nSPS) is 13.2.